The van der Waals surface area contributed by atoms with Gasteiger partial charge in [0.1, 0.15) is 18.2 Å². The van der Waals surface area contributed by atoms with E-state index in [1.54, 1.807) is 12.3 Å². The van der Waals surface area contributed by atoms with Crippen LogP contribution in [0, 0.1) is 16.3 Å². The van der Waals surface area contributed by atoms with Crippen LogP contribution < -0.4 is 5.73 Å². The van der Waals surface area contributed by atoms with E-state index in [0.717, 1.165) is 33.9 Å². The van der Waals surface area contributed by atoms with Gasteiger partial charge in [0.2, 0.25) is 0 Å². The first-order chi connectivity index (χ1) is 16.1. The molecule has 0 fully saturated rings. The molecule has 6 nitrogen and oxygen atoms in total. The number of carbonyl (C=O) groups excluding carboxylic acids is 1. The number of ether oxygens (including phenoxy) is 1. The molecule has 3 N–H and O–H groups in total. The SMILES string of the molecule is Cc1ccc(-c2c(C(N)=O)c(I)c(-c3ccnc4[nH]ccc34)n2COCC[Si](C)(C)C)c(F)c1. The predicted octanol–water partition coefficient (Wildman–Crippen LogP) is 6.16. The summed E-state index contributed by atoms with van der Waals surface area (Å²) in [7, 11) is -1.30. The zero-order valence-electron chi connectivity index (χ0n) is 19.7. The molecular weight excluding hydrogens is 562 g/mol. The second kappa shape index (κ2) is 9.63. The number of benzene rings is 1. The standard InChI is InChI=1S/C25H28FIN4O2Si/c1-15-5-6-18(19(26)13-15)22-20(24(28)32)21(27)23(31(22)14-33-11-12-34(2,3)4)16-7-9-29-25-17(16)8-10-30-25/h5-10,13H,11-12,14H2,1-4H3,(H2,28,32)(H,29,30). The van der Waals surface area contributed by atoms with E-state index in [9.17, 15) is 4.79 Å². The molecule has 0 atom stereocenters. The van der Waals surface area contributed by atoms with Gasteiger partial charge in [-0.15, -0.1) is 0 Å². The second-order valence-corrected chi connectivity index (χ2v) is 16.3. The van der Waals surface area contributed by atoms with Gasteiger partial charge >= 0.3 is 0 Å². The number of pyridine rings is 1. The number of nitrogens with one attached hydrogen (secondary N) is 1. The van der Waals surface area contributed by atoms with Crippen molar-refractivity contribution in [3.63, 3.8) is 0 Å². The molecule has 0 unspecified atom stereocenters. The van der Waals surface area contributed by atoms with Crippen molar-refractivity contribution in [2.24, 2.45) is 5.73 Å². The minimum Gasteiger partial charge on any atom is -0.365 e. The number of hydrogen-bond donors (Lipinski definition) is 2. The number of aromatic nitrogens is 3. The highest BCUT2D eigenvalue weighted by molar-refractivity contribution is 14.1. The normalized spacial score (nSPS) is 11.9. The molecule has 3 aromatic heterocycles. The van der Waals surface area contributed by atoms with Crippen LogP contribution in [0.5, 0.6) is 0 Å². The van der Waals surface area contributed by atoms with Crippen molar-refractivity contribution in [2.75, 3.05) is 6.61 Å². The first kappa shape index (κ1) is 24.6. The molecule has 0 spiro atoms. The molecule has 4 aromatic rings. The Morgan fingerprint density at radius 2 is 1.97 bits per heavy atom. The number of aryl methyl sites for hydroxylation is 1. The Balaban J connectivity index is 1.96. The van der Waals surface area contributed by atoms with Crippen LogP contribution in [0.4, 0.5) is 4.39 Å². The minimum atomic E-state index is -1.30. The summed E-state index contributed by atoms with van der Waals surface area (Å²) in [6.07, 6.45) is 3.53. The smallest absolute Gasteiger partial charge is 0.252 e. The third kappa shape index (κ3) is 4.82. The van der Waals surface area contributed by atoms with Gasteiger partial charge in [0.05, 0.1) is 20.5 Å². The van der Waals surface area contributed by atoms with E-state index in [-0.39, 0.29) is 12.3 Å². The fourth-order valence-electron chi connectivity index (χ4n) is 4.00. The molecular formula is C25H28FIN4O2Si. The summed E-state index contributed by atoms with van der Waals surface area (Å²) in [6.45, 7) is 9.45. The van der Waals surface area contributed by atoms with Gasteiger partial charge < -0.3 is 20.0 Å². The summed E-state index contributed by atoms with van der Waals surface area (Å²) in [5.74, 6) is -1.02. The number of carbonyl (C=O) groups is 1. The fourth-order valence-corrected chi connectivity index (χ4v) is 5.86. The van der Waals surface area contributed by atoms with Gasteiger partial charge in [-0.1, -0.05) is 25.7 Å². The van der Waals surface area contributed by atoms with Crippen molar-refractivity contribution < 1.29 is 13.9 Å². The van der Waals surface area contributed by atoms with Crippen LogP contribution in [0.3, 0.4) is 0 Å². The van der Waals surface area contributed by atoms with Crippen LogP contribution >= 0.6 is 22.6 Å². The molecule has 1 aromatic carbocycles. The molecule has 4 rings (SSSR count). The van der Waals surface area contributed by atoms with Crippen molar-refractivity contribution in [1.82, 2.24) is 14.5 Å². The van der Waals surface area contributed by atoms with Crippen molar-refractivity contribution >= 4 is 47.6 Å². The Kier molecular flexibility index (Phi) is 6.97. The Bertz CT molecular complexity index is 1370. The Labute approximate surface area is 212 Å². The first-order valence-corrected chi connectivity index (χ1v) is 15.9. The Morgan fingerprint density at radius 3 is 2.65 bits per heavy atom. The lowest BCUT2D eigenvalue weighted by Gasteiger charge is -2.19. The summed E-state index contributed by atoms with van der Waals surface area (Å²) in [5.41, 5.74) is 10.0. The van der Waals surface area contributed by atoms with Gasteiger partial charge in [-0.25, -0.2) is 9.37 Å². The lowest BCUT2D eigenvalue weighted by molar-refractivity contribution is 0.0893. The highest BCUT2D eigenvalue weighted by Crippen LogP contribution is 2.41. The van der Waals surface area contributed by atoms with Crippen LogP contribution in [-0.4, -0.2) is 35.1 Å². The lowest BCUT2D eigenvalue weighted by atomic mass is 10.0. The van der Waals surface area contributed by atoms with Crippen molar-refractivity contribution in [3.8, 4) is 22.5 Å². The lowest BCUT2D eigenvalue weighted by Crippen LogP contribution is -2.22. The molecule has 0 radical (unpaired) electrons. The Hall–Kier alpha value is -2.50. The van der Waals surface area contributed by atoms with Crippen LogP contribution in [-0.2, 0) is 11.5 Å². The maximum atomic E-state index is 15.2. The number of rotatable bonds is 8. The largest absolute Gasteiger partial charge is 0.365 e. The second-order valence-electron chi connectivity index (χ2n) is 9.61. The van der Waals surface area contributed by atoms with Gasteiger partial charge in [0.25, 0.3) is 5.91 Å². The van der Waals surface area contributed by atoms with E-state index in [2.05, 4.69) is 52.2 Å². The topological polar surface area (TPSA) is 85.9 Å². The summed E-state index contributed by atoms with van der Waals surface area (Å²) in [6, 6.07) is 9.82. The van der Waals surface area contributed by atoms with Gasteiger partial charge in [0, 0.05) is 43.6 Å². The molecule has 3 heterocycles. The number of halogens is 2. The molecule has 0 saturated carbocycles. The summed E-state index contributed by atoms with van der Waals surface area (Å²) in [5, 5.41) is 0.896. The number of nitrogens with zero attached hydrogens (tertiary/aromatic N) is 2. The van der Waals surface area contributed by atoms with Gasteiger partial charge in [-0.3, -0.25) is 4.79 Å². The van der Waals surface area contributed by atoms with Crippen molar-refractivity contribution in [1.29, 1.82) is 0 Å². The molecule has 0 bridgehead atoms. The van der Waals surface area contributed by atoms with Gasteiger partial charge in [-0.05, 0) is 65.4 Å². The van der Waals surface area contributed by atoms with E-state index >= 15 is 4.39 Å². The van der Waals surface area contributed by atoms with E-state index in [1.807, 2.05) is 35.9 Å². The summed E-state index contributed by atoms with van der Waals surface area (Å²) >= 11 is 2.13. The van der Waals surface area contributed by atoms with Crippen molar-refractivity contribution in [2.45, 2.75) is 39.3 Å². The number of nitrogens with two attached hydrogens (primary N) is 1. The molecule has 0 aliphatic heterocycles. The molecule has 178 valence electrons. The predicted molar refractivity (Wildman–Crippen MR) is 145 cm³/mol. The van der Waals surface area contributed by atoms with Crippen LogP contribution in [0.2, 0.25) is 25.7 Å². The number of fused-ring (bicyclic) bond motifs is 1. The number of hydrogen-bond acceptors (Lipinski definition) is 3. The quantitative estimate of drug-likeness (QED) is 0.146. The zero-order valence-corrected chi connectivity index (χ0v) is 22.9. The average molecular weight is 591 g/mol. The highest BCUT2D eigenvalue weighted by atomic mass is 127. The van der Waals surface area contributed by atoms with Crippen LogP contribution in [0.15, 0.2) is 42.7 Å². The molecule has 0 aliphatic rings. The molecule has 0 aliphatic carbocycles. The molecule has 0 saturated heterocycles. The third-order valence-corrected chi connectivity index (χ3v) is 8.52. The van der Waals surface area contributed by atoms with E-state index < -0.39 is 19.8 Å². The van der Waals surface area contributed by atoms with Gasteiger partial charge in [-0.2, -0.15) is 0 Å². The first-order valence-electron chi connectivity index (χ1n) is 11.1. The molecule has 34 heavy (non-hydrogen) atoms. The minimum absolute atomic E-state index is 0.167. The highest BCUT2D eigenvalue weighted by Gasteiger charge is 2.29. The zero-order chi connectivity index (χ0) is 24.6. The number of H-pyrrole nitrogens is 1. The maximum absolute atomic E-state index is 15.2. The number of amides is 1. The Morgan fingerprint density at radius 1 is 1.21 bits per heavy atom. The molecule has 1 amide bonds. The van der Waals surface area contributed by atoms with E-state index in [1.165, 1.54) is 6.07 Å². The van der Waals surface area contributed by atoms with E-state index in [0.29, 0.717) is 21.4 Å². The monoisotopic (exact) mass is 590 g/mol. The average Bonchev–Trinajstić information content (AvgIpc) is 3.33. The van der Waals surface area contributed by atoms with Crippen LogP contribution in [0.1, 0.15) is 15.9 Å². The van der Waals surface area contributed by atoms with Gasteiger partial charge in [0.15, 0.2) is 0 Å². The summed E-state index contributed by atoms with van der Waals surface area (Å²) in [4.78, 5) is 20.2. The maximum Gasteiger partial charge on any atom is 0.252 e. The fraction of sp³-hybridized carbons (Fsp3) is 0.280. The number of primary amides is 1. The van der Waals surface area contributed by atoms with Crippen molar-refractivity contribution in [3.05, 3.63) is 63.2 Å². The van der Waals surface area contributed by atoms with E-state index in [4.69, 9.17) is 10.5 Å². The molecule has 9 heteroatoms. The third-order valence-electron chi connectivity index (χ3n) is 5.76. The van der Waals surface area contributed by atoms with Crippen LogP contribution in [0.25, 0.3) is 33.5 Å². The number of aromatic amines is 1. The summed E-state index contributed by atoms with van der Waals surface area (Å²) < 4.78 is 23.9.